The highest BCUT2D eigenvalue weighted by Gasteiger charge is 2.41. The van der Waals surface area contributed by atoms with Gasteiger partial charge in [-0.05, 0) is 52.0 Å². The fourth-order valence-electron chi connectivity index (χ4n) is 4.85. The lowest BCUT2D eigenvalue weighted by molar-refractivity contribution is -0.143. The van der Waals surface area contributed by atoms with Gasteiger partial charge < -0.3 is 31.3 Å². The molecule has 5 amide bonds. The highest BCUT2D eigenvalue weighted by Crippen LogP contribution is 2.20. The smallest absolute Gasteiger partial charge is 0.246 e. The average molecular weight is 530 g/mol. The average Bonchev–Trinajstić information content (AvgIpc) is 3.35. The maximum Gasteiger partial charge on any atom is 0.246 e. The van der Waals surface area contributed by atoms with Crippen molar-refractivity contribution in [2.45, 2.75) is 95.6 Å². The number of benzene rings is 1. The van der Waals surface area contributed by atoms with Gasteiger partial charge in [0.05, 0.1) is 6.10 Å². The predicted molar refractivity (Wildman–Crippen MR) is 139 cm³/mol. The molecule has 5 atom stereocenters. The zero-order valence-corrected chi connectivity index (χ0v) is 22.5. The lowest BCUT2D eigenvalue weighted by Gasteiger charge is -2.33. The first-order valence-electron chi connectivity index (χ1n) is 13.2. The van der Waals surface area contributed by atoms with Gasteiger partial charge in [0.2, 0.25) is 29.5 Å². The Morgan fingerprint density at radius 1 is 1.03 bits per heavy atom. The zero-order valence-electron chi connectivity index (χ0n) is 22.5. The molecule has 0 aromatic heterocycles. The molecule has 0 aliphatic carbocycles. The highest BCUT2D eigenvalue weighted by molar-refractivity contribution is 5.97. The van der Waals surface area contributed by atoms with E-state index in [0.29, 0.717) is 32.2 Å². The minimum Gasteiger partial charge on any atom is -0.391 e. The zero-order chi connectivity index (χ0) is 28.0. The lowest BCUT2D eigenvalue weighted by atomic mass is 9.98. The van der Waals surface area contributed by atoms with Gasteiger partial charge in [0.15, 0.2) is 0 Å². The van der Waals surface area contributed by atoms with E-state index in [-0.39, 0.29) is 12.3 Å². The van der Waals surface area contributed by atoms with Crippen LogP contribution in [-0.4, -0.2) is 81.9 Å². The summed E-state index contributed by atoms with van der Waals surface area (Å²) < 4.78 is 0. The van der Waals surface area contributed by atoms with Gasteiger partial charge in [-0.3, -0.25) is 24.0 Å². The van der Waals surface area contributed by atoms with Gasteiger partial charge >= 0.3 is 0 Å². The van der Waals surface area contributed by atoms with Crippen LogP contribution >= 0.6 is 0 Å². The molecule has 11 heteroatoms. The molecule has 2 aliphatic heterocycles. The Morgan fingerprint density at radius 2 is 1.71 bits per heavy atom. The van der Waals surface area contributed by atoms with E-state index in [1.807, 2.05) is 30.3 Å². The molecular formula is C27H39N5O6. The molecule has 0 bridgehead atoms. The van der Waals surface area contributed by atoms with E-state index in [1.165, 1.54) is 25.7 Å². The van der Waals surface area contributed by atoms with Crippen LogP contribution in [0.2, 0.25) is 0 Å². The normalized spacial score (nSPS) is 28.0. The summed E-state index contributed by atoms with van der Waals surface area (Å²) in [5.41, 5.74) is -0.514. The van der Waals surface area contributed by atoms with Crippen molar-refractivity contribution in [3.63, 3.8) is 0 Å². The van der Waals surface area contributed by atoms with E-state index in [0.717, 1.165) is 5.56 Å². The van der Waals surface area contributed by atoms with Crippen molar-refractivity contribution in [1.29, 1.82) is 0 Å². The van der Waals surface area contributed by atoms with Crippen molar-refractivity contribution in [3.05, 3.63) is 35.9 Å². The standard InChI is InChI=1S/C27H39N5O6/c1-5-19-25(37)32-13-9-12-20(32)23(35)30-22(16(2)33)24(36)31-27(3,4)26(38)28-18(15-21(34)29-19)14-17-10-7-6-8-11-17/h6-8,10-11,16,18-20,22,33H,5,9,12-15H2,1-4H3,(H,28,38)(H,29,34)(H,30,35)(H,31,36). The molecule has 0 spiro atoms. The third-order valence-electron chi connectivity index (χ3n) is 7.04. The first-order chi connectivity index (χ1) is 17.9. The van der Waals surface area contributed by atoms with Crippen molar-refractivity contribution in [2.75, 3.05) is 6.54 Å². The van der Waals surface area contributed by atoms with Crippen LogP contribution in [0.4, 0.5) is 0 Å². The van der Waals surface area contributed by atoms with Crippen LogP contribution in [0, 0.1) is 0 Å². The van der Waals surface area contributed by atoms with Crippen LogP contribution in [-0.2, 0) is 30.4 Å². The van der Waals surface area contributed by atoms with E-state index in [9.17, 15) is 29.1 Å². The third kappa shape index (κ3) is 7.09. The second-order valence-electron chi connectivity index (χ2n) is 10.6. The number of amides is 5. The molecule has 2 heterocycles. The molecular weight excluding hydrogens is 490 g/mol. The number of aliphatic hydroxyl groups excluding tert-OH is 1. The monoisotopic (exact) mass is 529 g/mol. The van der Waals surface area contributed by atoms with Gasteiger partial charge in [0.25, 0.3) is 0 Å². The van der Waals surface area contributed by atoms with Crippen LogP contribution in [0.3, 0.4) is 0 Å². The minimum absolute atomic E-state index is 0.0886. The lowest BCUT2D eigenvalue weighted by Crippen LogP contribution is -2.64. The summed E-state index contributed by atoms with van der Waals surface area (Å²) in [5.74, 6) is -2.63. The van der Waals surface area contributed by atoms with E-state index in [4.69, 9.17) is 0 Å². The molecule has 208 valence electrons. The molecule has 0 saturated carbocycles. The Hall–Kier alpha value is -3.47. The molecule has 11 nitrogen and oxygen atoms in total. The maximum absolute atomic E-state index is 13.4. The number of rotatable bonds is 4. The fraction of sp³-hybridized carbons (Fsp3) is 0.593. The van der Waals surface area contributed by atoms with E-state index in [2.05, 4.69) is 21.3 Å². The molecule has 5 N–H and O–H groups in total. The number of carbonyl (C=O) groups is 5. The number of nitrogens with one attached hydrogen (secondary N) is 4. The van der Waals surface area contributed by atoms with Crippen molar-refractivity contribution in [1.82, 2.24) is 26.2 Å². The van der Waals surface area contributed by atoms with Gasteiger partial charge in [-0.15, -0.1) is 0 Å². The van der Waals surface area contributed by atoms with E-state index >= 15 is 0 Å². The van der Waals surface area contributed by atoms with E-state index in [1.54, 1.807) is 6.92 Å². The topological polar surface area (TPSA) is 157 Å². The minimum atomic E-state index is -1.42. The van der Waals surface area contributed by atoms with Crippen LogP contribution in [0.1, 0.15) is 58.9 Å². The highest BCUT2D eigenvalue weighted by atomic mass is 16.3. The number of hydrogen-bond donors (Lipinski definition) is 5. The van der Waals surface area contributed by atoms with Crippen LogP contribution in [0.25, 0.3) is 0 Å². The summed E-state index contributed by atoms with van der Waals surface area (Å²) >= 11 is 0. The first kappa shape index (κ1) is 29.1. The van der Waals surface area contributed by atoms with Gasteiger partial charge in [0.1, 0.15) is 23.7 Å². The van der Waals surface area contributed by atoms with Gasteiger partial charge in [-0.2, -0.15) is 0 Å². The van der Waals surface area contributed by atoms with E-state index < -0.39 is 59.4 Å². The first-order valence-corrected chi connectivity index (χ1v) is 13.2. The second-order valence-corrected chi connectivity index (χ2v) is 10.6. The molecule has 5 unspecified atom stereocenters. The molecule has 2 fully saturated rings. The molecule has 2 saturated heterocycles. The number of aliphatic hydroxyl groups is 1. The molecule has 1 aromatic rings. The van der Waals surface area contributed by atoms with Crippen LogP contribution in [0.5, 0.6) is 0 Å². The van der Waals surface area contributed by atoms with Crippen LogP contribution < -0.4 is 21.3 Å². The van der Waals surface area contributed by atoms with Crippen molar-refractivity contribution in [2.24, 2.45) is 0 Å². The number of carbonyl (C=O) groups excluding carboxylic acids is 5. The third-order valence-corrected chi connectivity index (χ3v) is 7.04. The van der Waals surface area contributed by atoms with Crippen molar-refractivity contribution < 1.29 is 29.1 Å². The van der Waals surface area contributed by atoms with Crippen molar-refractivity contribution in [3.8, 4) is 0 Å². The van der Waals surface area contributed by atoms with Gasteiger partial charge in [-0.25, -0.2) is 0 Å². The SMILES string of the molecule is CCC1NC(=O)CC(Cc2ccccc2)NC(=O)C(C)(C)NC(=O)C(C(C)O)NC(=O)C2CCCN2C1=O. The Bertz CT molecular complexity index is 1040. The quantitative estimate of drug-likeness (QED) is 0.363. The van der Waals surface area contributed by atoms with Gasteiger partial charge in [0, 0.05) is 19.0 Å². The largest absolute Gasteiger partial charge is 0.391 e. The maximum atomic E-state index is 13.4. The summed E-state index contributed by atoms with van der Waals surface area (Å²) in [7, 11) is 0. The summed E-state index contributed by atoms with van der Waals surface area (Å²) in [5, 5.41) is 21.1. The summed E-state index contributed by atoms with van der Waals surface area (Å²) in [6.45, 7) is 6.50. The molecule has 3 rings (SSSR count). The second kappa shape index (κ2) is 12.4. The Kier molecular flexibility index (Phi) is 9.48. The van der Waals surface area contributed by atoms with Crippen molar-refractivity contribution >= 4 is 29.5 Å². The summed E-state index contributed by atoms with van der Waals surface area (Å²) in [4.78, 5) is 67.4. The Morgan fingerprint density at radius 3 is 2.34 bits per heavy atom. The predicted octanol–water partition coefficient (Wildman–Crippen LogP) is -0.236. The summed E-state index contributed by atoms with van der Waals surface area (Å²) in [6, 6.07) is 5.74. The fourth-order valence-corrected chi connectivity index (χ4v) is 4.85. The van der Waals surface area contributed by atoms with Gasteiger partial charge in [-0.1, -0.05) is 37.3 Å². The molecule has 2 aliphatic rings. The number of hydrogen-bond acceptors (Lipinski definition) is 6. The van der Waals surface area contributed by atoms with Crippen LogP contribution in [0.15, 0.2) is 30.3 Å². The number of fused-ring (bicyclic) bond motifs is 1. The number of nitrogens with zero attached hydrogens (tertiary/aromatic N) is 1. The Labute approximate surface area is 223 Å². The Balaban J connectivity index is 1.95. The molecule has 38 heavy (non-hydrogen) atoms. The molecule has 1 aromatic carbocycles. The summed E-state index contributed by atoms with van der Waals surface area (Å²) in [6.07, 6.45) is 0.310. The molecule has 0 radical (unpaired) electrons.